The summed E-state index contributed by atoms with van der Waals surface area (Å²) >= 11 is 0. The van der Waals surface area contributed by atoms with Crippen molar-refractivity contribution < 1.29 is 19.1 Å². The Labute approximate surface area is 153 Å². The van der Waals surface area contributed by atoms with Crippen LogP contribution in [0.1, 0.15) is 33.1 Å². The van der Waals surface area contributed by atoms with Crippen LogP contribution < -0.4 is 5.32 Å². The molecule has 1 N–H and O–H groups in total. The SMILES string of the molecule is CCC(CC)N1C[C@]23C=C[C@H](O2)[C@@H](C(=O)N2CCCNC(=O)C2)[C@H]3C1=O. The Hall–Kier alpha value is -1.89. The Morgan fingerprint density at radius 3 is 2.88 bits per heavy atom. The Morgan fingerprint density at radius 2 is 2.15 bits per heavy atom. The molecule has 4 rings (SSSR count). The van der Waals surface area contributed by atoms with E-state index in [1.165, 1.54) is 0 Å². The first-order valence-corrected chi connectivity index (χ1v) is 9.74. The van der Waals surface area contributed by atoms with E-state index in [0.717, 1.165) is 19.3 Å². The molecule has 0 aromatic carbocycles. The number of nitrogens with one attached hydrogen (secondary N) is 1. The van der Waals surface area contributed by atoms with Gasteiger partial charge in [-0.2, -0.15) is 0 Å². The van der Waals surface area contributed by atoms with E-state index in [2.05, 4.69) is 19.2 Å². The van der Waals surface area contributed by atoms with Crippen LogP contribution in [-0.4, -0.2) is 71.4 Å². The molecule has 3 fully saturated rings. The van der Waals surface area contributed by atoms with Gasteiger partial charge < -0.3 is 19.9 Å². The van der Waals surface area contributed by atoms with Gasteiger partial charge in [0.05, 0.1) is 31.0 Å². The Balaban J connectivity index is 1.60. The maximum Gasteiger partial charge on any atom is 0.239 e. The van der Waals surface area contributed by atoms with E-state index in [4.69, 9.17) is 4.74 Å². The molecule has 4 aliphatic rings. The zero-order chi connectivity index (χ0) is 18.5. The van der Waals surface area contributed by atoms with Crippen molar-refractivity contribution >= 4 is 17.7 Å². The van der Waals surface area contributed by atoms with Gasteiger partial charge >= 0.3 is 0 Å². The van der Waals surface area contributed by atoms with Crippen molar-refractivity contribution in [2.45, 2.75) is 50.9 Å². The molecule has 4 atom stereocenters. The third kappa shape index (κ3) is 2.47. The first kappa shape index (κ1) is 17.5. The highest BCUT2D eigenvalue weighted by Crippen LogP contribution is 2.53. The van der Waals surface area contributed by atoms with Crippen molar-refractivity contribution in [3.8, 4) is 0 Å². The minimum atomic E-state index is -0.668. The van der Waals surface area contributed by atoms with Gasteiger partial charge in [-0.05, 0) is 19.3 Å². The number of rotatable bonds is 4. The largest absolute Gasteiger partial charge is 0.360 e. The van der Waals surface area contributed by atoms with Crippen LogP contribution in [0.15, 0.2) is 12.2 Å². The number of ether oxygens (including phenoxy) is 1. The highest BCUT2D eigenvalue weighted by molar-refractivity contribution is 5.94. The van der Waals surface area contributed by atoms with Gasteiger partial charge in [-0.15, -0.1) is 0 Å². The van der Waals surface area contributed by atoms with Crippen molar-refractivity contribution in [2.24, 2.45) is 11.8 Å². The molecule has 4 heterocycles. The molecule has 0 aliphatic carbocycles. The number of carbonyl (C=O) groups excluding carboxylic acids is 3. The van der Waals surface area contributed by atoms with Gasteiger partial charge in [0.15, 0.2) is 0 Å². The molecule has 0 unspecified atom stereocenters. The van der Waals surface area contributed by atoms with Crippen molar-refractivity contribution in [1.29, 1.82) is 0 Å². The molecule has 3 amide bonds. The standard InChI is InChI=1S/C19H27N3O4/c1-3-12(4-2)22-11-19-7-6-13(26-19)15(16(19)18(22)25)17(24)21-9-5-8-20-14(23)10-21/h6-7,12-13,15-16H,3-5,8-11H2,1-2H3,(H,20,23)/t13-,15+,16-,19-/m0/s1. The number of hydrogen-bond acceptors (Lipinski definition) is 4. The monoisotopic (exact) mass is 361 g/mol. The highest BCUT2D eigenvalue weighted by Gasteiger charge is 2.67. The summed E-state index contributed by atoms with van der Waals surface area (Å²) in [5, 5.41) is 2.79. The number of hydrogen-bond donors (Lipinski definition) is 1. The molecule has 0 aromatic heterocycles. The van der Waals surface area contributed by atoms with Gasteiger partial charge in [0.2, 0.25) is 17.7 Å². The third-order valence-corrected chi connectivity index (χ3v) is 6.37. The fourth-order valence-corrected chi connectivity index (χ4v) is 5.05. The van der Waals surface area contributed by atoms with E-state index < -0.39 is 17.4 Å². The zero-order valence-corrected chi connectivity index (χ0v) is 15.4. The molecule has 142 valence electrons. The molecule has 7 heteroatoms. The Kier molecular flexibility index (Phi) is 4.29. The van der Waals surface area contributed by atoms with E-state index in [0.29, 0.717) is 19.6 Å². The molecular weight excluding hydrogens is 334 g/mol. The summed E-state index contributed by atoms with van der Waals surface area (Å²) in [6.07, 6.45) is 6.08. The van der Waals surface area contributed by atoms with Gasteiger partial charge in [0.25, 0.3) is 0 Å². The molecule has 2 bridgehead atoms. The van der Waals surface area contributed by atoms with Crippen molar-refractivity contribution in [3.63, 3.8) is 0 Å². The molecule has 4 aliphatic heterocycles. The van der Waals surface area contributed by atoms with Crippen LogP contribution in [0.3, 0.4) is 0 Å². The average Bonchev–Trinajstić information content (AvgIpc) is 3.20. The van der Waals surface area contributed by atoms with Crippen molar-refractivity contribution in [3.05, 3.63) is 12.2 Å². The summed E-state index contributed by atoms with van der Waals surface area (Å²) in [5.74, 6) is -1.21. The van der Waals surface area contributed by atoms with Gasteiger partial charge in [0, 0.05) is 19.1 Å². The van der Waals surface area contributed by atoms with E-state index >= 15 is 0 Å². The molecule has 1 spiro atoms. The Bertz CT molecular complexity index is 659. The number of nitrogens with zero attached hydrogens (tertiary/aromatic N) is 2. The first-order chi connectivity index (χ1) is 12.5. The quantitative estimate of drug-likeness (QED) is 0.731. The molecule has 26 heavy (non-hydrogen) atoms. The maximum atomic E-state index is 13.3. The lowest BCUT2D eigenvalue weighted by Gasteiger charge is -2.30. The summed E-state index contributed by atoms with van der Waals surface area (Å²) in [6, 6.07) is 0.179. The molecule has 0 saturated carbocycles. The van der Waals surface area contributed by atoms with Crippen LogP contribution in [0.5, 0.6) is 0 Å². The van der Waals surface area contributed by atoms with E-state index in [1.807, 2.05) is 17.1 Å². The lowest BCUT2D eigenvalue weighted by Crippen LogP contribution is -2.48. The van der Waals surface area contributed by atoms with E-state index in [-0.39, 0.29) is 36.4 Å². The molecule has 0 radical (unpaired) electrons. The van der Waals surface area contributed by atoms with Crippen molar-refractivity contribution in [1.82, 2.24) is 15.1 Å². The predicted octanol–water partition coefficient (Wildman–Crippen LogP) is 0.306. The number of amides is 3. The van der Waals surface area contributed by atoms with Crippen LogP contribution in [0.4, 0.5) is 0 Å². The number of likely N-dealkylation sites (tertiary alicyclic amines) is 1. The summed E-state index contributed by atoms with van der Waals surface area (Å²) in [4.78, 5) is 41.8. The van der Waals surface area contributed by atoms with Crippen LogP contribution >= 0.6 is 0 Å². The molecule has 0 aromatic rings. The summed E-state index contributed by atoms with van der Waals surface area (Å²) in [7, 11) is 0. The summed E-state index contributed by atoms with van der Waals surface area (Å²) in [6.45, 7) is 5.88. The molecule has 3 saturated heterocycles. The minimum absolute atomic E-state index is 0.0307. The van der Waals surface area contributed by atoms with Gasteiger partial charge in [-0.25, -0.2) is 0 Å². The van der Waals surface area contributed by atoms with E-state index in [1.54, 1.807) is 4.90 Å². The van der Waals surface area contributed by atoms with Crippen molar-refractivity contribution in [2.75, 3.05) is 26.2 Å². The lowest BCUT2D eigenvalue weighted by atomic mass is 9.76. The van der Waals surface area contributed by atoms with E-state index in [9.17, 15) is 14.4 Å². The van der Waals surface area contributed by atoms with Crippen LogP contribution in [0.2, 0.25) is 0 Å². The smallest absolute Gasteiger partial charge is 0.239 e. The fourth-order valence-electron chi connectivity index (χ4n) is 5.05. The Morgan fingerprint density at radius 1 is 1.38 bits per heavy atom. The van der Waals surface area contributed by atoms with Gasteiger partial charge in [0.1, 0.15) is 5.60 Å². The van der Waals surface area contributed by atoms with Gasteiger partial charge in [-0.3, -0.25) is 14.4 Å². The fraction of sp³-hybridized carbons (Fsp3) is 0.737. The first-order valence-electron chi connectivity index (χ1n) is 9.74. The van der Waals surface area contributed by atoms with Crippen LogP contribution in [0.25, 0.3) is 0 Å². The number of fused-ring (bicyclic) bond motifs is 1. The predicted molar refractivity (Wildman–Crippen MR) is 94.0 cm³/mol. The normalized spacial score (nSPS) is 35.9. The lowest BCUT2D eigenvalue weighted by molar-refractivity contribution is -0.145. The van der Waals surface area contributed by atoms with Crippen LogP contribution in [-0.2, 0) is 19.1 Å². The minimum Gasteiger partial charge on any atom is -0.360 e. The second-order valence-electron chi connectivity index (χ2n) is 7.80. The topological polar surface area (TPSA) is 79.0 Å². The highest BCUT2D eigenvalue weighted by atomic mass is 16.5. The summed E-state index contributed by atoms with van der Waals surface area (Å²) in [5.41, 5.74) is -0.668. The molecule has 7 nitrogen and oxygen atoms in total. The third-order valence-electron chi connectivity index (χ3n) is 6.37. The molecular formula is C19H27N3O4. The second-order valence-corrected chi connectivity index (χ2v) is 7.80. The number of carbonyl (C=O) groups is 3. The second kappa shape index (κ2) is 6.37. The average molecular weight is 361 g/mol. The van der Waals surface area contributed by atoms with Crippen LogP contribution in [0, 0.1) is 11.8 Å². The van der Waals surface area contributed by atoms with Gasteiger partial charge in [-0.1, -0.05) is 26.0 Å². The maximum absolute atomic E-state index is 13.3. The zero-order valence-electron chi connectivity index (χ0n) is 15.4. The summed E-state index contributed by atoms with van der Waals surface area (Å²) < 4.78 is 6.18.